The van der Waals surface area contributed by atoms with Gasteiger partial charge in [-0.3, -0.25) is 5.32 Å². The lowest BCUT2D eigenvalue weighted by Gasteiger charge is -2.18. The highest BCUT2D eigenvalue weighted by atomic mass is 16.5. The van der Waals surface area contributed by atoms with Gasteiger partial charge in [0.05, 0.1) is 11.7 Å². The zero-order valence-electron chi connectivity index (χ0n) is 11.7. The Hall–Kier alpha value is -2.49. The van der Waals surface area contributed by atoms with Crippen molar-refractivity contribution in [3.8, 4) is 0 Å². The normalized spacial score (nSPS) is 11.9. The van der Waals surface area contributed by atoms with Gasteiger partial charge in [-0.1, -0.05) is 36.4 Å². The summed E-state index contributed by atoms with van der Waals surface area (Å²) in [5, 5.41) is 18.7. The molecule has 0 saturated heterocycles. The molecule has 104 valence electrons. The molecule has 0 fully saturated rings. The van der Waals surface area contributed by atoms with E-state index in [1.54, 1.807) is 12.1 Å². The van der Waals surface area contributed by atoms with Crippen molar-refractivity contribution in [3.05, 3.63) is 65.9 Å². The number of nitrogens with one attached hydrogen (secondary N) is 2. The maximum Gasteiger partial charge on any atom is 0.356 e. The van der Waals surface area contributed by atoms with Gasteiger partial charge in [0.15, 0.2) is 0 Å². The van der Waals surface area contributed by atoms with Crippen molar-refractivity contribution in [3.63, 3.8) is 0 Å². The van der Waals surface area contributed by atoms with Crippen molar-refractivity contribution in [1.29, 1.82) is 0 Å². The van der Waals surface area contributed by atoms with E-state index in [1.807, 2.05) is 62.4 Å². The summed E-state index contributed by atoms with van der Waals surface area (Å²) in [5.74, 6) is 0.414. The van der Waals surface area contributed by atoms with Gasteiger partial charge in [0.25, 0.3) is 0 Å². The van der Waals surface area contributed by atoms with Crippen molar-refractivity contribution < 1.29 is 4.74 Å². The van der Waals surface area contributed by atoms with Crippen LogP contribution in [-0.2, 0) is 0 Å². The molecule has 0 aliphatic rings. The van der Waals surface area contributed by atoms with Crippen LogP contribution in [0.1, 0.15) is 13.8 Å². The van der Waals surface area contributed by atoms with Gasteiger partial charge in [-0.05, 0) is 38.1 Å². The van der Waals surface area contributed by atoms with Crippen molar-refractivity contribution in [2.24, 2.45) is 0 Å². The van der Waals surface area contributed by atoms with Crippen LogP contribution in [0.15, 0.2) is 60.7 Å². The Morgan fingerprint density at radius 3 is 2.05 bits per heavy atom. The molecule has 0 heterocycles. The first-order valence-corrected chi connectivity index (χ1v) is 6.64. The van der Waals surface area contributed by atoms with Gasteiger partial charge < -0.3 is 5.21 Å². The Morgan fingerprint density at radius 2 is 1.50 bits per heavy atom. The van der Waals surface area contributed by atoms with Crippen LogP contribution in [0.5, 0.6) is 0 Å². The molecule has 0 aliphatic carbocycles. The first-order chi connectivity index (χ1) is 9.66. The highest BCUT2D eigenvalue weighted by Gasteiger charge is 2.12. The zero-order valence-corrected chi connectivity index (χ0v) is 11.7. The molecular weight excluding hydrogens is 250 g/mol. The smallest absolute Gasteiger partial charge is 0.356 e. The number of anilines is 1. The average Bonchev–Trinajstić information content (AvgIpc) is 2.47. The molecule has 2 N–H and O–H groups in total. The van der Waals surface area contributed by atoms with E-state index in [9.17, 15) is 5.21 Å². The van der Waals surface area contributed by atoms with Gasteiger partial charge >= 0.3 is 5.96 Å². The van der Waals surface area contributed by atoms with Crippen LogP contribution in [0.4, 0.5) is 11.4 Å². The molecule has 0 aromatic heterocycles. The minimum Gasteiger partial charge on any atom is -0.740 e. The average molecular weight is 269 g/mol. The lowest BCUT2D eigenvalue weighted by Crippen LogP contribution is -2.40. The fourth-order valence-corrected chi connectivity index (χ4v) is 1.77. The third-order valence-corrected chi connectivity index (χ3v) is 2.66. The monoisotopic (exact) mass is 269 g/mol. The van der Waals surface area contributed by atoms with E-state index in [1.165, 1.54) is 0 Å². The Morgan fingerprint density at radius 1 is 0.950 bits per heavy atom. The van der Waals surface area contributed by atoms with Crippen molar-refractivity contribution in [1.82, 2.24) is 5.32 Å². The highest BCUT2D eigenvalue weighted by molar-refractivity contribution is 5.90. The summed E-state index contributed by atoms with van der Waals surface area (Å²) < 4.78 is 0.868. The topological polar surface area (TPSA) is 50.1 Å². The van der Waals surface area contributed by atoms with Gasteiger partial charge in [0, 0.05) is 0 Å². The minimum atomic E-state index is 0.154. The highest BCUT2D eigenvalue weighted by Crippen LogP contribution is 2.11. The van der Waals surface area contributed by atoms with Crippen molar-refractivity contribution in [2.45, 2.75) is 19.9 Å². The standard InChI is InChI=1S/C16H19N3O/c1-13(2)17-16(18-14-9-5-3-6-10-14)19(20)15-11-7-4-8-12-15/h3-13,17-18H,1-2H3/b19-16-. The summed E-state index contributed by atoms with van der Waals surface area (Å²) in [5.41, 5.74) is 1.45. The molecule has 2 aromatic carbocycles. The summed E-state index contributed by atoms with van der Waals surface area (Å²) in [6.45, 7) is 3.98. The fraction of sp³-hybridized carbons (Fsp3) is 0.188. The molecule has 4 heteroatoms. The van der Waals surface area contributed by atoms with Crippen LogP contribution in [-0.4, -0.2) is 16.7 Å². The molecular formula is C16H19N3O. The summed E-state index contributed by atoms with van der Waals surface area (Å²) in [6.07, 6.45) is 0. The van der Waals surface area contributed by atoms with Crippen molar-refractivity contribution >= 4 is 17.3 Å². The van der Waals surface area contributed by atoms with E-state index in [0.29, 0.717) is 11.6 Å². The second kappa shape index (κ2) is 6.61. The first-order valence-electron chi connectivity index (χ1n) is 6.64. The lowest BCUT2D eigenvalue weighted by molar-refractivity contribution is -0.363. The summed E-state index contributed by atoms with van der Waals surface area (Å²) in [7, 11) is 0. The van der Waals surface area contributed by atoms with E-state index in [0.717, 1.165) is 10.4 Å². The Bertz CT molecular complexity index is 565. The van der Waals surface area contributed by atoms with Crippen LogP contribution in [0, 0.1) is 5.21 Å². The first kappa shape index (κ1) is 13.9. The van der Waals surface area contributed by atoms with E-state index >= 15 is 0 Å². The van der Waals surface area contributed by atoms with E-state index in [2.05, 4.69) is 10.6 Å². The van der Waals surface area contributed by atoms with E-state index < -0.39 is 0 Å². The second-order valence-electron chi connectivity index (χ2n) is 4.77. The Labute approximate surface area is 119 Å². The molecule has 20 heavy (non-hydrogen) atoms. The quantitative estimate of drug-likeness (QED) is 0.295. The molecule has 2 aromatic rings. The molecule has 0 atom stereocenters. The maximum atomic E-state index is 12.4. The van der Waals surface area contributed by atoms with Gasteiger partial charge in [0.2, 0.25) is 0 Å². The SMILES string of the molecule is CC(C)N/C(Nc1ccccc1)=[N+](/[O-])c1ccccc1. The van der Waals surface area contributed by atoms with E-state index in [4.69, 9.17) is 0 Å². The van der Waals surface area contributed by atoms with Gasteiger partial charge in [-0.15, -0.1) is 0 Å². The molecule has 4 nitrogen and oxygen atoms in total. The number of nitrogens with zero attached hydrogens (tertiary/aromatic N) is 1. The molecule has 0 saturated carbocycles. The Balaban J connectivity index is 2.32. The van der Waals surface area contributed by atoms with Gasteiger partial charge in [-0.2, -0.15) is 0 Å². The molecule has 0 aliphatic heterocycles. The molecule has 0 amide bonds. The van der Waals surface area contributed by atoms with Crippen LogP contribution in [0.25, 0.3) is 0 Å². The third kappa shape index (κ3) is 3.75. The number of hydrogen-bond acceptors (Lipinski definition) is 1. The largest absolute Gasteiger partial charge is 0.740 e. The number of para-hydroxylation sites is 2. The minimum absolute atomic E-state index is 0.154. The van der Waals surface area contributed by atoms with E-state index in [-0.39, 0.29) is 6.04 Å². The molecule has 2 rings (SSSR count). The van der Waals surface area contributed by atoms with Crippen LogP contribution < -0.4 is 10.6 Å². The number of rotatable bonds is 3. The number of hydrogen-bond donors (Lipinski definition) is 2. The number of benzene rings is 2. The molecule has 0 radical (unpaired) electrons. The maximum absolute atomic E-state index is 12.4. The molecule has 0 bridgehead atoms. The molecule has 0 spiro atoms. The lowest BCUT2D eigenvalue weighted by atomic mass is 10.3. The molecule has 0 unspecified atom stereocenters. The summed E-state index contributed by atoms with van der Waals surface area (Å²) in [6, 6.07) is 18.9. The zero-order chi connectivity index (χ0) is 14.4. The van der Waals surface area contributed by atoms with Crippen LogP contribution in [0.2, 0.25) is 0 Å². The predicted octanol–water partition coefficient (Wildman–Crippen LogP) is 3.29. The third-order valence-electron chi connectivity index (χ3n) is 2.66. The van der Waals surface area contributed by atoms with Gasteiger partial charge in [0.1, 0.15) is 5.69 Å². The van der Waals surface area contributed by atoms with Crippen LogP contribution >= 0.6 is 0 Å². The Kier molecular flexibility index (Phi) is 4.60. The van der Waals surface area contributed by atoms with Gasteiger partial charge in [-0.25, -0.2) is 10.1 Å². The predicted molar refractivity (Wildman–Crippen MR) is 83.1 cm³/mol. The fourth-order valence-electron chi connectivity index (χ4n) is 1.77. The second-order valence-corrected chi connectivity index (χ2v) is 4.77. The van der Waals surface area contributed by atoms with Crippen LogP contribution in [0.3, 0.4) is 0 Å². The summed E-state index contributed by atoms with van der Waals surface area (Å²) >= 11 is 0. The van der Waals surface area contributed by atoms with Crippen molar-refractivity contribution in [2.75, 3.05) is 5.32 Å². The number of guanidine groups is 1. The summed E-state index contributed by atoms with van der Waals surface area (Å²) in [4.78, 5) is 0.